The summed E-state index contributed by atoms with van der Waals surface area (Å²) < 4.78 is 0. The Balaban J connectivity index is 0.919. The van der Waals surface area contributed by atoms with Gasteiger partial charge in [-0.05, 0) is 58.4 Å². The highest BCUT2D eigenvalue weighted by Gasteiger charge is 2.36. The van der Waals surface area contributed by atoms with Crippen LogP contribution in [0.5, 0.6) is 0 Å². The Bertz CT molecular complexity index is 2980. The van der Waals surface area contributed by atoms with Crippen LogP contribution < -0.4 is 0 Å². The molecule has 8 aromatic carbocycles. The van der Waals surface area contributed by atoms with E-state index in [1.165, 1.54) is 52.6 Å². The lowest BCUT2D eigenvalue weighted by molar-refractivity contribution is 0.346. The van der Waals surface area contributed by atoms with Crippen molar-refractivity contribution in [3.05, 3.63) is 242 Å². The van der Waals surface area contributed by atoms with E-state index < -0.39 is 0 Å². The molecule has 1 aliphatic carbocycles. The molecule has 1 aliphatic rings. The lowest BCUT2D eigenvalue weighted by atomic mass is 9.65. The van der Waals surface area contributed by atoms with Gasteiger partial charge in [0.25, 0.3) is 0 Å². The van der Waals surface area contributed by atoms with Crippen LogP contribution in [0.1, 0.15) is 43.2 Å². The van der Waals surface area contributed by atoms with Crippen molar-refractivity contribution in [1.29, 1.82) is 0 Å². The van der Waals surface area contributed by atoms with Crippen LogP contribution in [0.3, 0.4) is 0 Å². The van der Waals surface area contributed by atoms with Crippen LogP contribution in [0.15, 0.2) is 231 Å². The molecule has 1 fully saturated rings. The maximum absolute atomic E-state index is 5.20. The third-order valence-electron chi connectivity index (χ3n) is 13.3. The minimum atomic E-state index is -0.105. The van der Waals surface area contributed by atoms with Gasteiger partial charge in [-0.25, -0.2) is 19.9 Å². The van der Waals surface area contributed by atoms with Crippen molar-refractivity contribution in [2.45, 2.75) is 37.5 Å². The zero-order valence-electron chi connectivity index (χ0n) is 36.8. The van der Waals surface area contributed by atoms with Crippen molar-refractivity contribution in [3.63, 3.8) is 0 Å². The maximum Gasteiger partial charge on any atom is 0.160 e. The number of rotatable bonds is 10. The van der Waals surface area contributed by atoms with Crippen molar-refractivity contribution in [2.24, 2.45) is 0 Å². The molecular formula is C62H48N4. The van der Waals surface area contributed by atoms with Gasteiger partial charge in [0, 0.05) is 38.8 Å². The van der Waals surface area contributed by atoms with Gasteiger partial charge in [0.2, 0.25) is 0 Å². The Labute approximate surface area is 387 Å². The van der Waals surface area contributed by atoms with E-state index in [1.807, 2.05) is 12.1 Å². The molecule has 0 aliphatic heterocycles. The summed E-state index contributed by atoms with van der Waals surface area (Å²) in [6, 6.07) is 81.6. The van der Waals surface area contributed by atoms with Crippen LogP contribution >= 0.6 is 0 Å². The van der Waals surface area contributed by atoms with Crippen LogP contribution in [0, 0.1) is 0 Å². The number of nitrogens with zero attached hydrogens (tertiary/aromatic N) is 4. The Kier molecular flexibility index (Phi) is 11.2. The monoisotopic (exact) mass is 848 g/mol. The van der Waals surface area contributed by atoms with Crippen molar-refractivity contribution in [2.75, 3.05) is 0 Å². The average molecular weight is 849 g/mol. The number of hydrogen-bond acceptors (Lipinski definition) is 4. The SMILES string of the molecule is c1ccc(-c2ccc(-c3cc(-c4ccccc4)nc(-c4ccc(C5(c6ccc(-c7nc(-c8ccccc8)cc(-c8ccc(-c9ccccc9)cc8)n7)cc6)CCCCC5)cc4)n3)cc2)cc1. The van der Waals surface area contributed by atoms with Gasteiger partial charge in [0.1, 0.15) is 0 Å². The zero-order chi connectivity index (χ0) is 44.1. The van der Waals surface area contributed by atoms with Crippen LogP contribution in [-0.4, -0.2) is 19.9 Å². The van der Waals surface area contributed by atoms with Crippen molar-refractivity contribution >= 4 is 0 Å². The Morgan fingerprint density at radius 2 is 0.500 bits per heavy atom. The first kappa shape index (κ1) is 40.7. The highest BCUT2D eigenvalue weighted by atomic mass is 14.9. The first-order valence-corrected chi connectivity index (χ1v) is 23.1. The van der Waals surface area contributed by atoms with E-state index in [2.05, 4.69) is 218 Å². The second-order valence-electron chi connectivity index (χ2n) is 17.3. The van der Waals surface area contributed by atoms with Crippen LogP contribution in [0.4, 0.5) is 0 Å². The molecule has 2 aromatic heterocycles. The number of hydrogen-bond donors (Lipinski definition) is 0. The zero-order valence-corrected chi connectivity index (χ0v) is 36.8. The predicted molar refractivity (Wildman–Crippen MR) is 271 cm³/mol. The summed E-state index contributed by atoms with van der Waals surface area (Å²) in [5.41, 5.74) is 17.2. The molecule has 0 unspecified atom stereocenters. The van der Waals surface area contributed by atoms with Crippen LogP contribution in [-0.2, 0) is 5.41 Å². The summed E-state index contributed by atoms with van der Waals surface area (Å²) in [7, 11) is 0. The minimum Gasteiger partial charge on any atom is -0.228 e. The average Bonchev–Trinajstić information content (AvgIpc) is 3.42. The highest BCUT2D eigenvalue weighted by molar-refractivity contribution is 5.76. The summed E-state index contributed by atoms with van der Waals surface area (Å²) in [5.74, 6) is 1.44. The molecular weight excluding hydrogens is 801 g/mol. The van der Waals surface area contributed by atoms with E-state index in [-0.39, 0.29) is 5.41 Å². The Morgan fingerprint density at radius 3 is 0.833 bits per heavy atom. The Hall–Kier alpha value is -8.08. The molecule has 10 aromatic rings. The summed E-state index contributed by atoms with van der Waals surface area (Å²) in [6.45, 7) is 0. The Morgan fingerprint density at radius 1 is 0.242 bits per heavy atom. The predicted octanol–water partition coefficient (Wildman–Crippen LogP) is 15.9. The quantitative estimate of drug-likeness (QED) is 0.138. The minimum absolute atomic E-state index is 0.105. The molecule has 66 heavy (non-hydrogen) atoms. The molecule has 0 N–H and O–H groups in total. The van der Waals surface area contributed by atoms with Gasteiger partial charge < -0.3 is 0 Å². The maximum atomic E-state index is 5.20. The van der Waals surface area contributed by atoms with Gasteiger partial charge in [0.15, 0.2) is 11.6 Å². The van der Waals surface area contributed by atoms with Crippen LogP contribution in [0.25, 0.3) is 90.1 Å². The van der Waals surface area contributed by atoms with E-state index in [9.17, 15) is 0 Å². The van der Waals surface area contributed by atoms with Gasteiger partial charge in [-0.2, -0.15) is 0 Å². The summed E-state index contributed by atoms with van der Waals surface area (Å²) >= 11 is 0. The lowest BCUT2D eigenvalue weighted by Gasteiger charge is -2.39. The van der Waals surface area contributed by atoms with Crippen molar-refractivity contribution in [3.8, 4) is 90.1 Å². The summed E-state index contributed by atoms with van der Waals surface area (Å²) in [6.07, 6.45) is 5.82. The van der Waals surface area contributed by atoms with Crippen LogP contribution in [0.2, 0.25) is 0 Å². The topological polar surface area (TPSA) is 51.6 Å². The van der Waals surface area contributed by atoms with E-state index in [1.54, 1.807) is 0 Å². The second-order valence-corrected chi connectivity index (χ2v) is 17.3. The molecule has 0 bridgehead atoms. The molecule has 2 heterocycles. The largest absolute Gasteiger partial charge is 0.228 e. The van der Waals surface area contributed by atoms with Gasteiger partial charge in [-0.15, -0.1) is 0 Å². The third-order valence-corrected chi connectivity index (χ3v) is 13.3. The van der Waals surface area contributed by atoms with E-state index >= 15 is 0 Å². The fraction of sp³-hybridized carbons (Fsp3) is 0.0968. The van der Waals surface area contributed by atoms with Gasteiger partial charge in [-0.3, -0.25) is 0 Å². The molecule has 1 saturated carbocycles. The third kappa shape index (κ3) is 8.37. The standard InChI is InChI=1S/C62H48N4/c1-6-16-44(17-7-1)46-24-28-50(29-25-46)58-42-56(48-20-10-3-11-21-48)63-60(65-58)52-32-36-54(37-33-52)62(40-14-5-15-41-62)55-38-34-53(35-39-55)61-64-57(49-22-12-4-13-23-49)43-59(66-61)51-30-26-47(27-31-51)45-18-8-2-9-19-45/h1-4,6-13,16-39,42-43H,5,14-15,40-41H2. The molecule has 0 spiro atoms. The molecule has 11 rings (SSSR count). The van der Waals surface area contributed by atoms with E-state index in [0.717, 1.165) is 80.6 Å². The molecule has 0 radical (unpaired) electrons. The smallest absolute Gasteiger partial charge is 0.160 e. The molecule has 0 atom stereocenters. The molecule has 0 amide bonds. The normalized spacial score (nSPS) is 13.3. The molecule has 316 valence electrons. The van der Waals surface area contributed by atoms with Gasteiger partial charge in [-0.1, -0.05) is 238 Å². The molecule has 0 saturated heterocycles. The summed E-state index contributed by atoms with van der Waals surface area (Å²) in [4.78, 5) is 20.7. The molecule has 4 nitrogen and oxygen atoms in total. The van der Waals surface area contributed by atoms with Crippen molar-refractivity contribution in [1.82, 2.24) is 19.9 Å². The first-order valence-electron chi connectivity index (χ1n) is 23.1. The van der Waals surface area contributed by atoms with Gasteiger partial charge in [0.05, 0.1) is 22.8 Å². The fourth-order valence-corrected chi connectivity index (χ4v) is 9.67. The first-order chi connectivity index (χ1) is 32.6. The lowest BCUT2D eigenvalue weighted by Crippen LogP contribution is -2.30. The van der Waals surface area contributed by atoms with Gasteiger partial charge >= 0.3 is 0 Å². The second kappa shape index (κ2) is 18.2. The highest BCUT2D eigenvalue weighted by Crippen LogP contribution is 2.46. The fourth-order valence-electron chi connectivity index (χ4n) is 9.67. The summed E-state index contributed by atoms with van der Waals surface area (Å²) in [5, 5.41) is 0. The van der Waals surface area contributed by atoms with E-state index in [4.69, 9.17) is 19.9 Å². The van der Waals surface area contributed by atoms with Crippen molar-refractivity contribution < 1.29 is 0 Å². The van der Waals surface area contributed by atoms with E-state index in [0.29, 0.717) is 0 Å². The number of aromatic nitrogens is 4. The number of benzene rings is 8. The molecule has 4 heteroatoms.